The van der Waals surface area contributed by atoms with Crippen LogP contribution in [0.25, 0.3) is 11.4 Å². The second-order valence-electron chi connectivity index (χ2n) is 6.65. The third-order valence-corrected chi connectivity index (χ3v) is 5.07. The Labute approximate surface area is 130 Å². The molecule has 0 spiro atoms. The lowest BCUT2D eigenvalue weighted by molar-refractivity contribution is 0.278. The minimum atomic E-state index is 0.601. The standard InChI is InChI=1S/C17H18ClN3/c1-17-6-14(17)10-21(11-17)9-12-7-19-16(20-8-12)13-2-4-15(18)5-3-13/h2-5,7-8,14H,6,9-11H2,1H3. The van der Waals surface area contributed by atoms with Gasteiger partial charge in [-0.25, -0.2) is 9.97 Å². The molecule has 1 saturated carbocycles. The largest absolute Gasteiger partial charge is 0.298 e. The van der Waals surface area contributed by atoms with Crippen molar-refractivity contribution in [2.75, 3.05) is 13.1 Å². The summed E-state index contributed by atoms with van der Waals surface area (Å²) in [6.07, 6.45) is 5.31. The molecule has 0 bridgehead atoms. The maximum Gasteiger partial charge on any atom is 0.159 e. The van der Waals surface area contributed by atoms with Gasteiger partial charge >= 0.3 is 0 Å². The van der Waals surface area contributed by atoms with Gasteiger partial charge in [-0.05, 0) is 42.0 Å². The molecule has 2 fully saturated rings. The summed E-state index contributed by atoms with van der Waals surface area (Å²) in [6.45, 7) is 5.82. The number of hydrogen-bond donors (Lipinski definition) is 0. The number of nitrogens with zero attached hydrogens (tertiary/aromatic N) is 3. The molecule has 0 radical (unpaired) electrons. The van der Waals surface area contributed by atoms with Crippen LogP contribution >= 0.6 is 11.6 Å². The van der Waals surface area contributed by atoms with E-state index in [-0.39, 0.29) is 0 Å². The average Bonchev–Trinajstić information content (AvgIpc) is 2.99. The molecule has 2 atom stereocenters. The zero-order valence-corrected chi connectivity index (χ0v) is 12.8. The van der Waals surface area contributed by atoms with E-state index in [1.54, 1.807) is 0 Å². The first-order valence-electron chi connectivity index (χ1n) is 7.42. The van der Waals surface area contributed by atoms with Crippen LogP contribution in [-0.2, 0) is 6.54 Å². The van der Waals surface area contributed by atoms with Crippen molar-refractivity contribution in [2.24, 2.45) is 11.3 Å². The number of halogens is 1. The summed E-state index contributed by atoms with van der Waals surface area (Å²) in [7, 11) is 0. The van der Waals surface area contributed by atoms with Gasteiger partial charge in [-0.1, -0.05) is 18.5 Å². The Morgan fingerprint density at radius 3 is 2.57 bits per heavy atom. The van der Waals surface area contributed by atoms with Gasteiger partial charge in [0.15, 0.2) is 5.82 Å². The van der Waals surface area contributed by atoms with Gasteiger partial charge in [0.05, 0.1) is 0 Å². The van der Waals surface area contributed by atoms with Crippen LogP contribution in [0.3, 0.4) is 0 Å². The molecule has 2 aromatic rings. The molecular formula is C17H18ClN3. The minimum absolute atomic E-state index is 0.601. The third-order valence-electron chi connectivity index (χ3n) is 4.82. The Kier molecular flexibility index (Phi) is 3.02. The first-order chi connectivity index (χ1) is 10.1. The van der Waals surface area contributed by atoms with Crippen LogP contribution in [0.5, 0.6) is 0 Å². The Hall–Kier alpha value is -1.45. The maximum absolute atomic E-state index is 5.90. The molecule has 1 aliphatic heterocycles. The second-order valence-corrected chi connectivity index (χ2v) is 7.08. The van der Waals surface area contributed by atoms with Gasteiger partial charge in [0.25, 0.3) is 0 Å². The van der Waals surface area contributed by atoms with E-state index in [0.29, 0.717) is 5.41 Å². The smallest absolute Gasteiger partial charge is 0.159 e. The molecule has 2 unspecified atom stereocenters. The minimum Gasteiger partial charge on any atom is -0.298 e. The quantitative estimate of drug-likeness (QED) is 0.866. The summed E-state index contributed by atoms with van der Waals surface area (Å²) < 4.78 is 0. The highest BCUT2D eigenvalue weighted by molar-refractivity contribution is 6.30. The van der Waals surface area contributed by atoms with Crippen LogP contribution in [0.15, 0.2) is 36.7 Å². The summed E-state index contributed by atoms with van der Waals surface area (Å²) in [5.41, 5.74) is 2.79. The third kappa shape index (κ3) is 2.56. The van der Waals surface area contributed by atoms with E-state index < -0.39 is 0 Å². The van der Waals surface area contributed by atoms with Crippen LogP contribution in [0, 0.1) is 11.3 Å². The van der Waals surface area contributed by atoms with Crippen LogP contribution in [0.2, 0.25) is 5.02 Å². The van der Waals surface area contributed by atoms with Crippen molar-refractivity contribution in [3.63, 3.8) is 0 Å². The molecule has 4 heteroatoms. The van der Waals surface area contributed by atoms with Crippen LogP contribution in [-0.4, -0.2) is 28.0 Å². The van der Waals surface area contributed by atoms with Crippen molar-refractivity contribution in [1.82, 2.24) is 14.9 Å². The van der Waals surface area contributed by atoms with Gasteiger partial charge in [0.2, 0.25) is 0 Å². The molecule has 4 rings (SSSR count). The van der Waals surface area contributed by atoms with E-state index in [0.717, 1.165) is 28.9 Å². The van der Waals surface area contributed by atoms with Crippen LogP contribution in [0.4, 0.5) is 0 Å². The molecule has 2 aliphatic rings. The molecule has 2 heterocycles. The van der Waals surface area contributed by atoms with Crippen molar-refractivity contribution < 1.29 is 0 Å². The zero-order valence-electron chi connectivity index (χ0n) is 12.1. The first kappa shape index (κ1) is 13.2. The fourth-order valence-corrected chi connectivity index (χ4v) is 3.56. The van der Waals surface area contributed by atoms with E-state index in [2.05, 4.69) is 21.8 Å². The molecule has 1 aromatic carbocycles. The van der Waals surface area contributed by atoms with Crippen LogP contribution in [0.1, 0.15) is 18.9 Å². The highest BCUT2D eigenvalue weighted by Gasteiger charge is 2.55. The highest BCUT2D eigenvalue weighted by atomic mass is 35.5. The van der Waals surface area contributed by atoms with Gasteiger partial charge in [-0.3, -0.25) is 4.90 Å². The number of piperidine rings is 1. The van der Waals surface area contributed by atoms with Gasteiger partial charge < -0.3 is 0 Å². The maximum atomic E-state index is 5.90. The lowest BCUT2D eigenvalue weighted by Crippen LogP contribution is -2.23. The normalized spacial score (nSPS) is 27.6. The lowest BCUT2D eigenvalue weighted by atomic mass is 10.1. The molecule has 108 valence electrons. The van der Waals surface area contributed by atoms with E-state index in [1.807, 2.05) is 36.7 Å². The molecular weight excluding hydrogens is 282 g/mol. The molecule has 1 aliphatic carbocycles. The van der Waals surface area contributed by atoms with Crippen molar-refractivity contribution >= 4 is 11.6 Å². The summed E-state index contributed by atoms with van der Waals surface area (Å²) in [6, 6.07) is 7.63. The molecule has 1 saturated heterocycles. The summed E-state index contributed by atoms with van der Waals surface area (Å²) in [5, 5.41) is 0.733. The molecule has 3 nitrogen and oxygen atoms in total. The number of aromatic nitrogens is 2. The number of likely N-dealkylation sites (tertiary alicyclic amines) is 1. The summed E-state index contributed by atoms with van der Waals surface area (Å²) in [4.78, 5) is 11.5. The SMILES string of the molecule is CC12CC1CN(Cc1cnc(-c3ccc(Cl)cc3)nc1)C2. The summed E-state index contributed by atoms with van der Waals surface area (Å²) in [5.74, 6) is 1.68. The van der Waals surface area contributed by atoms with Crippen molar-refractivity contribution in [3.8, 4) is 11.4 Å². The number of rotatable bonds is 3. The van der Waals surface area contributed by atoms with Gasteiger partial charge in [-0.2, -0.15) is 0 Å². The Morgan fingerprint density at radius 2 is 1.95 bits per heavy atom. The number of benzene rings is 1. The Morgan fingerprint density at radius 1 is 1.24 bits per heavy atom. The zero-order chi connectivity index (χ0) is 14.4. The van der Waals surface area contributed by atoms with Crippen molar-refractivity contribution in [1.29, 1.82) is 0 Å². The fourth-order valence-electron chi connectivity index (χ4n) is 3.43. The van der Waals surface area contributed by atoms with Gasteiger partial charge in [0.1, 0.15) is 0 Å². The predicted octanol–water partition coefficient (Wildman–Crippen LogP) is 3.64. The Balaban J connectivity index is 1.45. The average molecular weight is 300 g/mol. The fraction of sp³-hybridized carbons (Fsp3) is 0.412. The Bertz CT molecular complexity index is 653. The second kappa shape index (κ2) is 4.79. The topological polar surface area (TPSA) is 29.0 Å². The van der Waals surface area contributed by atoms with E-state index >= 15 is 0 Å². The van der Waals surface area contributed by atoms with E-state index in [4.69, 9.17) is 11.6 Å². The van der Waals surface area contributed by atoms with Gasteiger partial charge in [-0.15, -0.1) is 0 Å². The summed E-state index contributed by atoms with van der Waals surface area (Å²) >= 11 is 5.90. The molecule has 0 N–H and O–H groups in total. The van der Waals surface area contributed by atoms with Gasteiger partial charge in [0, 0.05) is 48.2 Å². The molecule has 1 aromatic heterocycles. The van der Waals surface area contributed by atoms with Crippen molar-refractivity contribution in [2.45, 2.75) is 19.9 Å². The van der Waals surface area contributed by atoms with E-state index in [1.165, 1.54) is 25.1 Å². The monoisotopic (exact) mass is 299 g/mol. The predicted molar refractivity (Wildman–Crippen MR) is 84.0 cm³/mol. The highest BCUT2D eigenvalue weighted by Crippen LogP contribution is 2.57. The van der Waals surface area contributed by atoms with Crippen LogP contribution < -0.4 is 0 Å². The molecule has 0 amide bonds. The van der Waals surface area contributed by atoms with Crippen molar-refractivity contribution in [3.05, 3.63) is 47.2 Å². The molecule has 21 heavy (non-hydrogen) atoms. The lowest BCUT2D eigenvalue weighted by Gasteiger charge is -2.18. The van der Waals surface area contributed by atoms with E-state index in [9.17, 15) is 0 Å². The number of hydrogen-bond acceptors (Lipinski definition) is 3. The first-order valence-corrected chi connectivity index (χ1v) is 7.79. The number of fused-ring (bicyclic) bond motifs is 1.